The predicted octanol–water partition coefficient (Wildman–Crippen LogP) is 3.09. The van der Waals surface area contributed by atoms with E-state index in [1.807, 2.05) is 13.8 Å². The lowest BCUT2D eigenvalue weighted by Gasteiger charge is -2.30. The molecule has 1 aliphatic carbocycles. The smallest absolute Gasteiger partial charge is 0.225 e. The van der Waals surface area contributed by atoms with Crippen molar-refractivity contribution in [3.8, 4) is 0 Å². The summed E-state index contributed by atoms with van der Waals surface area (Å²) in [5.41, 5.74) is -0.238. The topological polar surface area (TPSA) is 29.1 Å². The maximum absolute atomic E-state index is 11.9. The number of rotatable bonds is 3. The van der Waals surface area contributed by atoms with Gasteiger partial charge in [0.1, 0.15) is 0 Å². The Balaban J connectivity index is 2.39. The summed E-state index contributed by atoms with van der Waals surface area (Å²) >= 11 is 6.02. The molecular formula is C12H22ClNO. The molecule has 1 aliphatic rings. The van der Waals surface area contributed by atoms with Gasteiger partial charge in [-0.3, -0.25) is 4.79 Å². The maximum atomic E-state index is 11.9. The molecule has 0 heterocycles. The van der Waals surface area contributed by atoms with E-state index in [2.05, 4.69) is 12.2 Å². The zero-order valence-electron chi connectivity index (χ0n) is 9.98. The van der Waals surface area contributed by atoms with Gasteiger partial charge in [-0.05, 0) is 32.1 Å². The molecule has 3 heteroatoms. The third kappa shape index (κ3) is 3.67. The van der Waals surface area contributed by atoms with Gasteiger partial charge < -0.3 is 5.32 Å². The van der Waals surface area contributed by atoms with Crippen LogP contribution in [0, 0.1) is 5.41 Å². The van der Waals surface area contributed by atoms with E-state index in [4.69, 9.17) is 11.6 Å². The predicted molar refractivity (Wildman–Crippen MR) is 64.1 cm³/mol. The minimum absolute atomic E-state index is 0.183. The number of nitrogens with one attached hydrogen (secondary N) is 1. The molecule has 0 atom stereocenters. The molecule has 0 bridgehead atoms. The van der Waals surface area contributed by atoms with Crippen molar-refractivity contribution in [2.75, 3.05) is 0 Å². The Hall–Kier alpha value is -0.240. The van der Waals surface area contributed by atoms with E-state index in [0.29, 0.717) is 11.4 Å². The van der Waals surface area contributed by atoms with Gasteiger partial charge in [0, 0.05) is 16.8 Å². The van der Waals surface area contributed by atoms with Crippen molar-refractivity contribution in [2.24, 2.45) is 5.41 Å². The van der Waals surface area contributed by atoms with Crippen molar-refractivity contribution in [2.45, 2.75) is 64.3 Å². The van der Waals surface area contributed by atoms with E-state index < -0.39 is 0 Å². The Morgan fingerprint density at radius 2 is 1.87 bits per heavy atom. The number of carbonyl (C=O) groups excluding carboxylic acids is 1. The van der Waals surface area contributed by atoms with Crippen molar-refractivity contribution >= 4 is 17.5 Å². The average Bonchev–Trinajstić information content (AvgIpc) is 2.21. The van der Waals surface area contributed by atoms with E-state index >= 15 is 0 Å². The summed E-state index contributed by atoms with van der Waals surface area (Å²) in [6, 6.07) is 0.346. The number of hydrogen-bond donors (Lipinski definition) is 1. The summed E-state index contributed by atoms with van der Waals surface area (Å²) in [5.74, 6) is 0.183. The highest BCUT2D eigenvalue weighted by Gasteiger charge is 2.28. The quantitative estimate of drug-likeness (QED) is 0.744. The van der Waals surface area contributed by atoms with Crippen LogP contribution in [-0.4, -0.2) is 17.3 Å². The normalized spacial score (nSPS) is 27.5. The summed E-state index contributed by atoms with van der Waals surface area (Å²) in [7, 11) is 0. The van der Waals surface area contributed by atoms with Gasteiger partial charge in [0.15, 0.2) is 0 Å². The monoisotopic (exact) mass is 231 g/mol. The minimum atomic E-state index is -0.238. The molecule has 15 heavy (non-hydrogen) atoms. The van der Waals surface area contributed by atoms with Crippen molar-refractivity contribution in [1.82, 2.24) is 5.32 Å². The second kappa shape index (κ2) is 5.20. The van der Waals surface area contributed by atoms with Crippen LogP contribution in [0.2, 0.25) is 0 Å². The molecule has 88 valence electrons. The highest BCUT2D eigenvalue weighted by Crippen LogP contribution is 2.25. The number of amides is 1. The SMILES string of the molecule is CCC(C)(C)C(=O)NC1CCC(Cl)CC1. The van der Waals surface area contributed by atoms with Gasteiger partial charge in [0.25, 0.3) is 0 Å². The molecule has 0 aromatic heterocycles. The molecule has 0 saturated heterocycles. The number of halogens is 1. The number of hydrogen-bond acceptors (Lipinski definition) is 1. The fourth-order valence-electron chi connectivity index (χ4n) is 1.74. The van der Waals surface area contributed by atoms with Crippen LogP contribution < -0.4 is 5.32 Å². The lowest BCUT2D eigenvalue weighted by atomic mass is 9.87. The van der Waals surface area contributed by atoms with Crippen LogP contribution in [0.25, 0.3) is 0 Å². The van der Waals surface area contributed by atoms with Crippen LogP contribution in [0.5, 0.6) is 0 Å². The fraction of sp³-hybridized carbons (Fsp3) is 0.917. The second-order valence-electron chi connectivity index (χ2n) is 5.16. The largest absolute Gasteiger partial charge is 0.353 e. The molecular weight excluding hydrogens is 210 g/mol. The fourth-order valence-corrected chi connectivity index (χ4v) is 1.99. The molecule has 2 nitrogen and oxygen atoms in total. The maximum Gasteiger partial charge on any atom is 0.225 e. The summed E-state index contributed by atoms with van der Waals surface area (Å²) in [5, 5.41) is 3.45. The molecule has 0 radical (unpaired) electrons. The molecule has 1 saturated carbocycles. The molecule has 0 aromatic carbocycles. The van der Waals surface area contributed by atoms with Gasteiger partial charge in [-0.2, -0.15) is 0 Å². The van der Waals surface area contributed by atoms with E-state index in [1.54, 1.807) is 0 Å². The molecule has 0 spiro atoms. The zero-order chi connectivity index (χ0) is 11.5. The van der Waals surface area contributed by atoms with Gasteiger partial charge >= 0.3 is 0 Å². The highest BCUT2D eigenvalue weighted by atomic mass is 35.5. The van der Waals surface area contributed by atoms with Gasteiger partial charge in [0.2, 0.25) is 5.91 Å². The Bertz CT molecular complexity index is 220. The lowest BCUT2D eigenvalue weighted by molar-refractivity contribution is -0.130. The van der Waals surface area contributed by atoms with Gasteiger partial charge in [-0.1, -0.05) is 20.8 Å². The zero-order valence-corrected chi connectivity index (χ0v) is 10.7. The Kier molecular flexibility index (Phi) is 4.45. The van der Waals surface area contributed by atoms with E-state index in [0.717, 1.165) is 32.1 Å². The van der Waals surface area contributed by atoms with Crippen LogP contribution in [0.3, 0.4) is 0 Å². The Morgan fingerprint density at radius 3 is 2.33 bits per heavy atom. The molecule has 1 rings (SSSR count). The Labute approximate surface area is 97.8 Å². The number of alkyl halides is 1. The van der Waals surface area contributed by atoms with Crippen molar-refractivity contribution in [3.05, 3.63) is 0 Å². The Morgan fingerprint density at radius 1 is 1.33 bits per heavy atom. The molecule has 0 aromatic rings. The summed E-state index contributed by atoms with van der Waals surface area (Å²) in [6.07, 6.45) is 4.99. The lowest BCUT2D eigenvalue weighted by Crippen LogP contribution is -2.44. The van der Waals surface area contributed by atoms with E-state index in [1.165, 1.54) is 0 Å². The van der Waals surface area contributed by atoms with Gasteiger partial charge in [0.05, 0.1) is 0 Å². The summed E-state index contributed by atoms with van der Waals surface area (Å²) in [4.78, 5) is 11.9. The molecule has 1 fully saturated rings. The van der Waals surface area contributed by atoms with Gasteiger partial charge in [-0.25, -0.2) is 0 Å². The van der Waals surface area contributed by atoms with E-state index in [9.17, 15) is 4.79 Å². The molecule has 1 N–H and O–H groups in total. The third-order valence-electron chi connectivity index (χ3n) is 3.49. The number of carbonyl (C=O) groups is 1. The second-order valence-corrected chi connectivity index (χ2v) is 5.78. The van der Waals surface area contributed by atoms with Crippen LogP contribution in [0.4, 0.5) is 0 Å². The standard InChI is InChI=1S/C12H22ClNO/c1-4-12(2,3)11(15)14-10-7-5-9(13)6-8-10/h9-10H,4-8H2,1-3H3,(H,14,15). The van der Waals surface area contributed by atoms with Crippen molar-refractivity contribution in [3.63, 3.8) is 0 Å². The summed E-state index contributed by atoms with van der Waals surface area (Å²) < 4.78 is 0. The molecule has 0 unspecified atom stereocenters. The first-order chi connectivity index (χ1) is 6.95. The van der Waals surface area contributed by atoms with E-state index in [-0.39, 0.29) is 11.3 Å². The van der Waals surface area contributed by atoms with Crippen LogP contribution in [0.15, 0.2) is 0 Å². The highest BCUT2D eigenvalue weighted by molar-refractivity contribution is 6.20. The first kappa shape index (κ1) is 12.8. The van der Waals surface area contributed by atoms with Crippen LogP contribution >= 0.6 is 11.6 Å². The first-order valence-electron chi connectivity index (χ1n) is 5.90. The first-order valence-corrected chi connectivity index (χ1v) is 6.34. The van der Waals surface area contributed by atoms with Crippen LogP contribution in [0.1, 0.15) is 52.9 Å². The van der Waals surface area contributed by atoms with Crippen molar-refractivity contribution < 1.29 is 4.79 Å². The van der Waals surface area contributed by atoms with Gasteiger partial charge in [-0.15, -0.1) is 11.6 Å². The molecule has 1 amide bonds. The minimum Gasteiger partial charge on any atom is -0.353 e. The molecule has 0 aliphatic heterocycles. The third-order valence-corrected chi connectivity index (χ3v) is 3.93. The summed E-state index contributed by atoms with van der Waals surface area (Å²) in [6.45, 7) is 6.04. The average molecular weight is 232 g/mol. The van der Waals surface area contributed by atoms with Crippen LogP contribution in [-0.2, 0) is 4.79 Å². The van der Waals surface area contributed by atoms with Crippen molar-refractivity contribution in [1.29, 1.82) is 0 Å².